The highest BCUT2D eigenvalue weighted by Crippen LogP contribution is 2.39. The Balaban J connectivity index is 1.74. The highest BCUT2D eigenvalue weighted by molar-refractivity contribution is 7.99. The number of anilines is 1. The normalized spacial score (nSPS) is 14.9. The van der Waals surface area contributed by atoms with Gasteiger partial charge in [-0.2, -0.15) is 4.98 Å². The van der Waals surface area contributed by atoms with Gasteiger partial charge in [-0.05, 0) is 42.9 Å². The van der Waals surface area contributed by atoms with Gasteiger partial charge in [0.05, 0.1) is 19.3 Å². The number of thioether (sulfide) groups is 1. The fourth-order valence-corrected chi connectivity index (χ4v) is 4.38. The maximum Gasteiger partial charge on any atom is 0.338 e. The average molecular weight is 481 g/mol. The summed E-state index contributed by atoms with van der Waals surface area (Å²) in [5.41, 5.74) is 2.86. The van der Waals surface area contributed by atoms with Gasteiger partial charge >= 0.3 is 5.97 Å². The smallest absolute Gasteiger partial charge is 0.338 e. The molecule has 2 heterocycles. The summed E-state index contributed by atoms with van der Waals surface area (Å²) < 4.78 is 18.7. The Hall–Kier alpha value is -3.46. The molecule has 34 heavy (non-hydrogen) atoms. The molecule has 1 atom stereocenters. The number of carbonyl (C=O) groups excluding carboxylic acids is 1. The van der Waals surface area contributed by atoms with Gasteiger partial charge in [0.15, 0.2) is 11.5 Å². The Bertz CT molecular complexity index is 1190. The van der Waals surface area contributed by atoms with Gasteiger partial charge in [0.25, 0.3) is 0 Å². The van der Waals surface area contributed by atoms with Crippen LogP contribution in [0.3, 0.4) is 0 Å². The monoisotopic (exact) mass is 480 g/mol. The summed E-state index contributed by atoms with van der Waals surface area (Å²) in [5.74, 6) is 2.21. The number of aromatic nitrogens is 3. The molecule has 0 amide bonds. The molecule has 4 rings (SSSR count). The molecule has 178 valence electrons. The van der Waals surface area contributed by atoms with Crippen LogP contribution in [0.2, 0.25) is 0 Å². The summed E-state index contributed by atoms with van der Waals surface area (Å²) >= 11 is 1.54. The molecule has 2 aromatic carbocycles. The van der Waals surface area contributed by atoms with E-state index in [0.717, 1.165) is 16.9 Å². The highest BCUT2D eigenvalue weighted by atomic mass is 32.2. The van der Waals surface area contributed by atoms with Crippen molar-refractivity contribution in [1.82, 2.24) is 14.8 Å². The number of methoxy groups -OCH3 is 1. The third kappa shape index (κ3) is 4.89. The molecule has 0 bridgehead atoms. The molecule has 1 unspecified atom stereocenters. The van der Waals surface area contributed by atoms with Crippen LogP contribution in [0.15, 0.2) is 65.0 Å². The maximum absolute atomic E-state index is 13.4. The SMILES string of the molecule is CCOc1ccc(C2C(C(=O)OCc3ccccc3)=C(C)Nc3nc(SCC)nn32)cc1OC. The van der Waals surface area contributed by atoms with Gasteiger partial charge < -0.3 is 19.5 Å². The lowest BCUT2D eigenvalue weighted by molar-refractivity contribution is -0.140. The summed E-state index contributed by atoms with van der Waals surface area (Å²) in [7, 11) is 1.59. The van der Waals surface area contributed by atoms with Crippen LogP contribution >= 0.6 is 11.8 Å². The first-order chi connectivity index (χ1) is 16.5. The first-order valence-corrected chi connectivity index (χ1v) is 12.1. The van der Waals surface area contributed by atoms with E-state index < -0.39 is 12.0 Å². The zero-order chi connectivity index (χ0) is 24.1. The summed E-state index contributed by atoms with van der Waals surface area (Å²) in [6.07, 6.45) is 0. The second-order valence-electron chi connectivity index (χ2n) is 7.57. The number of esters is 1. The Morgan fingerprint density at radius 1 is 1.15 bits per heavy atom. The van der Waals surface area contributed by atoms with Crippen LogP contribution in [0.5, 0.6) is 11.5 Å². The minimum Gasteiger partial charge on any atom is -0.493 e. The van der Waals surface area contributed by atoms with E-state index in [-0.39, 0.29) is 6.61 Å². The van der Waals surface area contributed by atoms with Crippen LogP contribution in [0.25, 0.3) is 0 Å². The predicted octanol–water partition coefficient (Wildman–Crippen LogP) is 4.83. The molecular weight excluding hydrogens is 452 g/mol. The number of nitrogens with one attached hydrogen (secondary N) is 1. The molecule has 1 N–H and O–H groups in total. The number of benzene rings is 2. The summed E-state index contributed by atoms with van der Waals surface area (Å²) in [6.45, 7) is 6.51. The molecule has 1 aliphatic rings. The Morgan fingerprint density at radius 2 is 1.94 bits per heavy atom. The van der Waals surface area contributed by atoms with Gasteiger partial charge in [0, 0.05) is 5.70 Å². The van der Waals surface area contributed by atoms with Crippen LogP contribution < -0.4 is 14.8 Å². The number of fused-ring (bicyclic) bond motifs is 1. The molecular formula is C25H28N4O4S. The van der Waals surface area contributed by atoms with Gasteiger partial charge in [0.1, 0.15) is 12.6 Å². The fraction of sp³-hybridized carbons (Fsp3) is 0.320. The molecule has 0 spiro atoms. The van der Waals surface area contributed by atoms with Gasteiger partial charge in [-0.1, -0.05) is 55.1 Å². The number of rotatable bonds is 9. The van der Waals surface area contributed by atoms with E-state index in [1.54, 1.807) is 11.8 Å². The van der Waals surface area contributed by atoms with Gasteiger partial charge in [-0.25, -0.2) is 9.48 Å². The van der Waals surface area contributed by atoms with Crippen molar-refractivity contribution in [3.8, 4) is 11.5 Å². The van der Waals surface area contributed by atoms with E-state index in [2.05, 4.69) is 15.4 Å². The van der Waals surface area contributed by atoms with E-state index >= 15 is 0 Å². The number of hydrogen-bond donors (Lipinski definition) is 1. The minimum atomic E-state index is -0.539. The van der Waals surface area contributed by atoms with Crippen LogP contribution in [0.1, 0.15) is 37.9 Å². The van der Waals surface area contributed by atoms with Gasteiger partial charge in [-0.3, -0.25) is 0 Å². The number of carbonyl (C=O) groups is 1. The minimum absolute atomic E-state index is 0.178. The topological polar surface area (TPSA) is 87.5 Å². The lowest BCUT2D eigenvalue weighted by atomic mass is 9.95. The number of hydrogen-bond acceptors (Lipinski definition) is 8. The lowest BCUT2D eigenvalue weighted by Gasteiger charge is -2.28. The summed E-state index contributed by atoms with van der Waals surface area (Å²) in [6, 6.07) is 14.7. The molecule has 0 aliphatic carbocycles. The van der Waals surface area contributed by atoms with Gasteiger partial charge in [0.2, 0.25) is 11.1 Å². The average Bonchev–Trinajstić information content (AvgIpc) is 3.25. The molecule has 1 aliphatic heterocycles. The second kappa shape index (κ2) is 10.6. The molecule has 0 saturated heterocycles. The Labute approximate surface area is 203 Å². The number of nitrogens with zero attached hydrogens (tertiary/aromatic N) is 3. The molecule has 8 nitrogen and oxygen atoms in total. The van der Waals surface area contributed by atoms with Crippen LogP contribution in [0, 0.1) is 0 Å². The van der Waals surface area contributed by atoms with Crippen molar-refractivity contribution < 1.29 is 19.0 Å². The van der Waals surface area contributed by atoms with Crippen molar-refractivity contribution in [3.05, 3.63) is 70.9 Å². The van der Waals surface area contributed by atoms with Crippen LogP contribution in [-0.2, 0) is 16.1 Å². The van der Waals surface area contributed by atoms with Crippen molar-refractivity contribution in [1.29, 1.82) is 0 Å². The first-order valence-electron chi connectivity index (χ1n) is 11.1. The molecule has 0 fully saturated rings. The molecule has 9 heteroatoms. The first kappa shape index (κ1) is 23.7. The quantitative estimate of drug-likeness (QED) is 0.344. The highest BCUT2D eigenvalue weighted by Gasteiger charge is 2.35. The van der Waals surface area contributed by atoms with Crippen LogP contribution in [-0.4, -0.2) is 40.2 Å². The lowest BCUT2D eigenvalue weighted by Crippen LogP contribution is -2.29. The standard InChI is InChI=1S/C25H28N4O4S/c1-5-32-19-13-12-18(14-20(19)31-4)22-21(23(30)33-15-17-10-8-7-9-11-17)16(3)26-24-27-25(34-6-2)28-29(22)24/h7-14,22H,5-6,15H2,1-4H3,(H,26,27,28). The third-order valence-electron chi connectivity index (χ3n) is 5.34. The fourth-order valence-electron chi connectivity index (χ4n) is 3.82. The number of allylic oxidation sites excluding steroid dienone is 1. The molecule has 3 aromatic rings. The van der Waals surface area contributed by atoms with Crippen LogP contribution in [0.4, 0.5) is 5.95 Å². The zero-order valence-electron chi connectivity index (χ0n) is 19.7. The van der Waals surface area contributed by atoms with E-state index in [0.29, 0.717) is 40.5 Å². The largest absolute Gasteiger partial charge is 0.493 e. The Kier molecular flexibility index (Phi) is 7.42. The third-order valence-corrected chi connectivity index (χ3v) is 6.06. The van der Waals surface area contributed by atoms with Crippen molar-refractivity contribution >= 4 is 23.7 Å². The Morgan fingerprint density at radius 3 is 2.65 bits per heavy atom. The predicted molar refractivity (Wildman–Crippen MR) is 131 cm³/mol. The van der Waals surface area contributed by atoms with Crippen molar-refractivity contribution in [2.45, 2.75) is 38.6 Å². The van der Waals surface area contributed by atoms with E-state index in [4.69, 9.17) is 14.2 Å². The van der Waals surface area contributed by atoms with E-state index in [1.165, 1.54) is 11.8 Å². The molecule has 0 radical (unpaired) electrons. The molecule has 1 aromatic heterocycles. The molecule has 0 saturated carbocycles. The van der Waals surface area contributed by atoms with Gasteiger partial charge in [-0.15, -0.1) is 5.10 Å². The van der Waals surface area contributed by atoms with Crippen molar-refractivity contribution in [2.24, 2.45) is 0 Å². The zero-order valence-corrected chi connectivity index (χ0v) is 20.5. The van der Waals surface area contributed by atoms with E-state index in [9.17, 15) is 4.79 Å². The van der Waals surface area contributed by atoms with Crippen molar-refractivity contribution in [3.63, 3.8) is 0 Å². The second-order valence-corrected chi connectivity index (χ2v) is 8.80. The maximum atomic E-state index is 13.4. The summed E-state index contributed by atoms with van der Waals surface area (Å²) in [4.78, 5) is 18.0. The van der Waals surface area contributed by atoms with Crippen molar-refractivity contribution in [2.75, 3.05) is 24.8 Å². The van der Waals surface area contributed by atoms with E-state index in [1.807, 2.05) is 69.3 Å². The summed E-state index contributed by atoms with van der Waals surface area (Å²) in [5, 5.41) is 8.56. The number of ether oxygens (including phenoxy) is 3.